The van der Waals surface area contributed by atoms with Crippen LogP contribution in [0.5, 0.6) is 0 Å². The lowest BCUT2D eigenvalue weighted by Crippen LogP contribution is -2.31. The summed E-state index contributed by atoms with van der Waals surface area (Å²) in [7, 11) is 0. The van der Waals surface area contributed by atoms with E-state index in [-0.39, 0.29) is 0 Å². The van der Waals surface area contributed by atoms with Crippen LogP contribution in [0, 0.1) is 0 Å². The van der Waals surface area contributed by atoms with Crippen LogP contribution < -0.4 is 22.1 Å². The molecule has 0 saturated carbocycles. The molecule has 0 fully saturated rings. The molecular weight excluding hydrogens is 480 g/mol. The van der Waals surface area contributed by atoms with Gasteiger partial charge in [0.15, 0.2) is 0 Å². The molecule has 3 aromatic heterocycles. The number of nitrogen functional groups attached to an aromatic ring is 1. The van der Waals surface area contributed by atoms with Gasteiger partial charge in [-0.25, -0.2) is 9.78 Å². The number of urea groups is 1. The first-order chi connectivity index (χ1) is 18.0. The van der Waals surface area contributed by atoms with Gasteiger partial charge in [-0.15, -0.1) is 11.3 Å². The molecule has 7 N–H and O–H groups in total. The molecule has 6 rings (SSSR count). The molecule has 8 heteroatoms. The van der Waals surface area contributed by atoms with Crippen molar-refractivity contribution in [2.75, 3.05) is 10.6 Å². The van der Waals surface area contributed by atoms with Gasteiger partial charge in [-0.2, -0.15) is 0 Å². The van der Waals surface area contributed by atoms with Crippen LogP contribution >= 0.6 is 11.3 Å². The number of hydrogen-bond donors (Lipinski definition) is 4. The first kappa shape index (κ1) is 22.8. The van der Waals surface area contributed by atoms with Crippen molar-refractivity contribution in [3.8, 4) is 22.3 Å². The Bertz CT molecular complexity index is 1770. The van der Waals surface area contributed by atoms with Crippen LogP contribution in [0.4, 0.5) is 22.0 Å². The first-order valence-electron chi connectivity index (χ1n) is 11.8. The maximum absolute atomic E-state index is 12.4. The fraction of sp³-hybridized carbons (Fsp3) is 0.0345. The van der Waals surface area contributed by atoms with Crippen molar-refractivity contribution >= 4 is 55.5 Å². The Morgan fingerprint density at radius 3 is 2.54 bits per heavy atom. The van der Waals surface area contributed by atoms with Crippen molar-refractivity contribution in [2.24, 2.45) is 11.5 Å². The minimum Gasteiger partial charge on any atom is -0.383 e. The average molecular weight is 505 g/mol. The van der Waals surface area contributed by atoms with E-state index in [0.29, 0.717) is 23.7 Å². The molecule has 6 aromatic rings. The third-order valence-electron chi connectivity index (χ3n) is 6.55. The molecule has 0 aliphatic carbocycles. The summed E-state index contributed by atoms with van der Waals surface area (Å²) >= 11 is 1.64. The maximum Gasteiger partial charge on any atom is 0.323 e. The number of carbonyl (C=O) groups excluding carboxylic acids is 1. The van der Waals surface area contributed by atoms with Crippen molar-refractivity contribution in [2.45, 2.75) is 6.54 Å². The maximum atomic E-state index is 12.4. The number of rotatable bonds is 5. The molecular formula is C29H24N6OS. The largest absolute Gasteiger partial charge is 0.383 e. The molecule has 182 valence electrons. The van der Waals surface area contributed by atoms with Gasteiger partial charge in [-0.1, -0.05) is 36.4 Å². The predicted octanol–water partition coefficient (Wildman–Crippen LogP) is 6.37. The molecule has 7 nitrogen and oxygen atoms in total. The molecule has 0 unspecified atom stereocenters. The summed E-state index contributed by atoms with van der Waals surface area (Å²) < 4.78 is 1.08. The molecule has 3 aromatic carbocycles. The highest BCUT2D eigenvalue weighted by atomic mass is 32.1. The predicted molar refractivity (Wildman–Crippen MR) is 153 cm³/mol. The van der Waals surface area contributed by atoms with Gasteiger partial charge in [0.1, 0.15) is 5.82 Å². The zero-order valence-corrected chi connectivity index (χ0v) is 20.6. The number of nitrogens with one attached hydrogen (secondary N) is 1. The quantitative estimate of drug-likeness (QED) is 0.217. The normalized spacial score (nSPS) is 11.3. The lowest BCUT2D eigenvalue weighted by atomic mass is 10.0. The van der Waals surface area contributed by atoms with E-state index in [2.05, 4.69) is 39.6 Å². The lowest BCUT2D eigenvalue weighted by molar-refractivity contribution is 0.256. The van der Waals surface area contributed by atoms with E-state index in [1.807, 2.05) is 60.9 Å². The van der Waals surface area contributed by atoms with Crippen LogP contribution in [-0.2, 0) is 6.54 Å². The Hall–Kier alpha value is -4.66. The van der Waals surface area contributed by atoms with Gasteiger partial charge in [-0.05, 0) is 63.9 Å². The Kier molecular flexibility index (Phi) is 5.60. The first-order valence-corrected chi connectivity index (χ1v) is 12.6. The summed E-state index contributed by atoms with van der Waals surface area (Å²) in [5.41, 5.74) is 25.3. The smallest absolute Gasteiger partial charge is 0.323 e. The van der Waals surface area contributed by atoms with Gasteiger partial charge >= 0.3 is 6.03 Å². The van der Waals surface area contributed by atoms with E-state index in [1.54, 1.807) is 11.3 Å². The number of primary amides is 1. The van der Waals surface area contributed by atoms with Gasteiger partial charge in [0.25, 0.3) is 0 Å². The van der Waals surface area contributed by atoms with E-state index in [0.717, 1.165) is 48.8 Å². The molecule has 0 aliphatic rings. The summed E-state index contributed by atoms with van der Waals surface area (Å²) in [5, 5.41) is 4.18. The Morgan fingerprint density at radius 2 is 1.76 bits per heavy atom. The number of H-pyrrole nitrogens is 1. The minimum atomic E-state index is -0.569. The summed E-state index contributed by atoms with van der Waals surface area (Å²) in [6, 6.07) is 23.0. The number of aromatic amines is 1. The lowest BCUT2D eigenvalue weighted by Gasteiger charge is -2.21. The molecule has 0 bridgehead atoms. The van der Waals surface area contributed by atoms with Gasteiger partial charge < -0.3 is 22.2 Å². The number of pyridine rings is 1. The van der Waals surface area contributed by atoms with Crippen molar-refractivity contribution in [1.29, 1.82) is 0 Å². The number of aromatic nitrogens is 2. The third kappa shape index (κ3) is 3.98. The van der Waals surface area contributed by atoms with Crippen molar-refractivity contribution < 1.29 is 4.79 Å². The second kappa shape index (κ2) is 9.09. The van der Waals surface area contributed by atoms with Gasteiger partial charge in [-0.3, -0.25) is 4.90 Å². The summed E-state index contributed by atoms with van der Waals surface area (Å²) in [4.78, 5) is 21.6. The minimum absolute atomic E-state index is 0.376. The zero-order chi connectivity index (χ0) is 25.5. The molecule has 0 radical (unpaired) electrons. The second-order valence-electron chi connectivity index (χ2n) is 8.78. The molecule has 0 spiro atoms. The van der Waals surface area contributed by atoms with Crippen LogP contribution in [0.3, 0.4) is 0 Å². The van der Waals surface area contributed by atoms with E-state index >= 15 is 0 Å². The molecule has 2 amide bonds. The van der Waals surface area contributed by atoms with Gasteiger partial charge in [0.2, 0.25) is 0 Å². The van der Waals surface area contributed by atoms with E-state index in [4.69, 9.17) is 17.2 Å². The monoisotopic (exact) mass is 504 g/mol. The number of fused-ring (bicyclic) bond motifs is 2. The average Bonchev–Trinajstić information content (AvgIpc) is 3.57. The van der Waals surface area contributed by atoms with Gasteiger partial charge in [0.05, 0.1) is 11.4 Å². The van der Waals surface area contributed by atoms with Crippen molar-refractivity contribution in [1.82, 2.24) is 9.97 Å². The second-order valence-corrected chi connectivity index (χ2v) is 9.66. The Balaban J connectivity index is 1.40. The molecule has 37 heavy (non-hydrogen) atoms. The number of thiophene rings is 1. The Morgan fingerprint density at radius 1 is 0.946 bits per heavy atom. The van der Waals surface area contributed by atoms with Crippen molar-refractivity contribution in [3.05, 3.63) is 96.1 Å². The fourth-order valence-corrected chi connectivity index (χ4v) is 5.84. The molecule has 0 aliphatic heterocycles. The summed E-state index contributed by atoms with van der Waals surface area (Å²) in [6.07, 6.45) is 3.78. The van der Waals surface area contributed by atoms with Crippen LogP contribution in [0.2, 0.25) is 0 Å². The number of nitrogens with zero attached hydrogens (tertiary/aromatic N) is 2. The molecule has 0 atom stereocenters. The van der Waals surface area contributed by atoms with E-state index in [9.17, 15) is 4.79 Å². The SMILES string of the molecule is NCc1cccc(N(C(N)=O)c2ccc(-c3csc4c(-c5ccc6cc[nH]c6c5)cnc(N)c34)cc2)c1. The van der Waals surface area contributed by atoms with Crippen LogP contribution in [0.25, 0.3) is 43.2 Å². The van der Waals surface area contributed by atoms with E-state index in [1.165, 1.54) is 4.90 Å². The topological polar surface area (TPSA) is 127 Å². The number of carbonyl (C=O) groups is 1. The highest BCUT2D eigenvalue weighted by Crippen LogP contribution is 2.42. The van der Waals surface area contributed by atoms with Crippen molar-refractivity contribution in [3.63, 3.8) is 0 Å². The number of hydrogen-bond acceptors (Lipinski definition) is 5. The number of anilines is 3. The number of benzene rings is 3. The van der Waals surface area contributed by atoms with Crippen LogP contribution in [0.1, 0.15) is 5.56 Å². The Labute approximate surface area is 217 Å². The third-order valence-corrected chi connectivity index (χ3v) is 7.57. The fourth-order valence-electron chi connectivity index (χ4n) is 4.72. The molecule has 3 heterocycles. The zero-order valence-electron chi connectivity index (χ0n) is 19.8. The van der Waals surface area contributed by atoms with E-state index < -0.39 is 6.03 Å². The molecule has 0 saturated heterocycles. The highest BCUT2D eigenvalue weighted by Gasteiger charge is 2.18. The number of amides is 2. The van der Waals surface area contributed by atoms with Crippen LogP contribution in [-0.4, -0.2) is 16.0 Å². The summed E-state index contributed by atoms with van der Waals surface area (Å²) in [5.74, 6) is 0.484. The highest BCUT2D eigenvalue weighted by molar-refractivity contribution is 7.18. The van der Waals surface area contributed by atoms with Gasteiger partial charge in [0, 0.05) is 45.7 Å². The summed E-state index contributed by atoms with van der Waals surface area (Å²) in [6.45, 7) is 0.376. The number of nitrogens with two attached hydrogens (primary N) is 3. The standard InChI is InChI=1S/C29H24N6OS/c30-14-17-2-1-3-22(12-17)35(29(32)36)21-8-6-18(7-9-21)24-16-37-27-23(15-34-28(31)26(24)27)20-5-4-19-10-11-33-25(19)13-20/h1-13,15-16,33H,14,30H2,(H2,31,34)(H2,32,36). The van der Waals surface area contributed by atoms with Crippen LogP contribution in [0.15, 0.2) is 90.6 Å².